The van der Waals surface area contributed by atoms with Crippen LogP contribution in [-0.2, 0) is 14.3 Å². The molecule has 4 aliphatic rings. The highest BCUT2D eigenvalue weighted by Gasteiger charge is 2.63. The minimum absolute atomic E-state index is 0.0181. The number of hydrogen-bond acceptors (Lipinski definition) is 3. The molecule has 5 atom stereocenters. The van der Waals surface area contributed by atoms with Gasteiger partial charge in [0.2, 0.25) is 5.79 Å². The fraction of sp³-hybridized carbons (Fsp3) is 0.471. The van der Waals surface area contributed by atoms with E-state index in [-0.39, 0.29) is 23.7 Å². The van der Waals surface area contributed by atoms with Gasteiger partial charge >= 0.3 is 0 Å². The van der Waals surface area contributed by atoms with Crippen molar-refractivity contribution in [2.75, 3.05) is 6.61 Å². The SMILES string of the molecule is C[C@H](O[C@]12OC[C@H]3C[C@H](C=C[C@H]31)C2=O)c1ccccc1. The number of allylic oxidation sites excluding steroid dienone is 1. The van der Waals surface area contributed by atoms with Gasteiger partial charge in [-0.15, -0.1) is 0 Å². The van der Waals surface area contributed by atoms with Crippen LogP contribution in [0, 0.1) is 17.8 Å². The van der Waals surface area contributed by atoms with Gasteiger partial charge in [-0.1, -0.05) is 42.5 Å². The Morgan fingerprint density at radius 1 is 1.30 bits per heavy atom. The van der Waals surface area contributed by atoms with Gasteiger partial charge in [0, 0.05) is 11.8 Å². The van der Waals surface area contributed by atoms with E-state index in [9.17, 15) is 4.79 Å². The van der Waals surface area contributed by atoms with Crippen molar-refractivity contribution >= 4 is 5.78 Å². The average molecular weight is 270 g/mol. The number of ether oxygens (including phenoxy) is 2. The highest BCUT2D eigenvalue weighted by molar-refractivity contribution is 5.92. The molecule has 1 saturated heterocycles. The maximum absolute atomic E-state index is 12.6. The Kier molecular flexibility index (Phi) is 2.63. The number of hydrogen-bond donors (Lipinski definition) is 0. The standard InChI is InChI=1S/C17H18O3/c1-11(12-5-3-2-4-6-12)20-17-15-8-7-13(16(17)18)9-14(15)10-19-17/h2-8,11,13-15H,9-10H2,1H3/t11-,13-,14+,15+,17+/m0/s1. The van der Waals surface area contributed by atoms with Crippen molar-refractivity contribution in [3.63, 3.8) is 0 Å². The third kappa shape index (κ3) is 1.57. The fourth-order valence-corrected chi connectivity index (χ4v) is 3.81. The van der Waals surface area contributed by atoms with Crippen LogP contribution in [0.5, 0.6) is 0 Å². The van der Waals surface area contributed by atoms with Gasteiger partial charge in [0.25, 0.3) is 0 Å². The topological polar surface area (TPSA) is 35.5 Å². The predicted molar refractivity (Wildman–Crippen MR) is 73.9 cm³/mol. The monoisotopic (exact) mass is 270 g/mol. The Morgan fingerprint density at radius 2 is 2.10 bits per heavy atom. The first kappa shape index (κ1) is 12.3. The largest absolute Gasteiger partial charge is 0.343 e. The van der Waals surface area contributed by atoms with E-state index in [1.165, 1.54) is 0 Å². The summed E-state index contributed by atoms with van der Waals surface area (Å²) in [6, 6.07) is 10.00. The van der Waals surface area contributed by atoms with Crippen LogP contribution in [0.15, 0.2) is 42.5 Å². The van der Waals surface area contributed by atoms with E-state index in [1.54, 1.807) is 0 Å². The summed E-state index contributed by atoms with van der Waals surface area (Å²) < 4.78 is 12.1. The van der Waals surface area contributed by atoms with Crippen molar-refractivity contribution in [1.29, 1.82) is 0 Å². The van der Waals surface area contributed by atoms with E-state index in [0.717, 1.165) is 12.0 Å². The molecule has 0 unspecified atom stereocenters. The zero-order valence-corrected chi connectivity index (χ0v) is 11.5. The molecule has 0 spiro atoms. The van der Waals surface area contributed by atoms with E-state index in [1.807, 2.05) is 43.3 Å². The van der Waals surface area contributed by atoms with Gasteiger partial charge in [0.1, 0.15) is 0 Å². The fourth-order valence-electron chi connectivity index (χ4n) is 3.81. The maximum atomic E-state index is 12.6. The molecular weight excluding hydrogens is 252 g/mol. The first-order valence-electron chi connectivity index (χ1n) is 7.30. The Hall–Kier alpha value is -1.45. The molecule has 0 radical (unpaired) electrons. The molecular formula is C17H18O3. The lowest BCUT2D eigenvalue weighted by atomic mass is 9.67. The summed E-state index contributed by atoms with van der Waals surface area (Å²) in [4.78, 5) is 12.6. The van der Waals surface area contributed by atoms with Crippen molar-refractivity contribution in [2.45, 2.75) is 25.2 Å². The third-order valence-electron chi connectivity index (χ3n) is 4.87. The summed E-state index contributed by atoms with van der Waals surface area (Å²) in [5.74, 6) is -0.411. The quantitative estimate of drug-likeness (QED) is 0.792. The molecule has 5 rings (SSSR count). The second-order valence-corrected chi connectivity index (χ2v) is 6.03. The van der Waals surface area contributed by atoms with Gasteiger partial charge in [-0.25, -0.2) is 0 Å². The maximum Gasteiger partial charge on any atom is 0.236 e. The van der Waals surface area contributed by atoms with E-state index >= 15 is 0 Å². The zero-order chi connectivity index (χ0) is 13.7. The molecule has 20 heavy (non-hydrogen) atoms. The molecule has 3 nitrogen and oxygen atoms in total. The zero-order valence-electron chi connectivity index (χ0n) is 11.5. The van der Waals surface area contributed by atoms with Gasteiger partial charge in [0.15, 0.2) is 5.78 Å². The Bertz CT molecular complexity index is 565. The van der Waals surface area contributed by atoms with Gasteiger partial charge in [0.05, 0.1) is 12.7 Å². The summed E-state index contributed by atoms with van der Waals surface area (Å²) in [6.45, 7) is 2.62. The van der Waals surface area contributed by atoms with Crippen LogP contribution in [-0.4, -0.2) is 18.2 Å². The lowest BCUT2D eigenvalue weighted by molar-refractivity contribution is -0.242. The third-order valence-corrected chi connectivity index (χ3v) is 4.87. The second-order valence-electron chi connectivity index (χ2n) is 6.03. The molecule has 2 fully saturated rings. The highest BCUT2D eigenvalue weighted by Crippen LogP contribution is 2.53. The number of carbonyl (C=O) groups excluding carboxylic acids is 1. The Labute approximate surface area is 118 Å². The van der Waals surface area contributed by atoms with Crippen LogP contribution in [0.1, 0.15) is 25.0 Å². The van der Waals surface area contributed by atoms with Crippen LogP contribution in [0.25, 0.3) is 0 Å². The molecule has 0 aromatic heterocycles. The number of Topliss-reactive ketones (excluding diaryl/α,β-unsaturated/α-hetero) is 1. The Morgan fingerprint density at radius 3 is 2.90 bits per heavy atom. The van der Waals surface area contributed by atoms with Gasteiger partial charge in [-0.05, 0) is 24.8 Å². The molecule has 1 heterocycles. The average Bonchev–Trinajstić information content (AvgIpc) is 2.81. The van der Waals surface area contributed by atoms with E-state index < -0.39 is 5.79 Å². The number of benzene rings is 1. The first-order chi connectivity index (χ1) is 9.71. The van der Waals surface area contributed by atoms with Crippen LogP contribution >= 0.6 is 0 Å². The summed E-state index contributed by atoms with van der Waals surface area (Å²) in [6.07, 6.45) is 4.94. The smallest absolute Gasteiger partial charge is 0.236 e. The number of carbonyl (C=O) groups is 1. The molecule has 0 N–H and O–H groups in total. The molecule has 104 valence electrons. The number of ketones is 1. The minimum atomic E-state index is -1.03. The lowest BCUT2D eigenvalue weighted by Gasteiger charge is -2.43. The molecule has 1 aromatic carbocycles. The summed E-state index contributed by atoms with van der Waals surface area (Å²) >= 11 is 0. The van der Waals surface area contributed by atoms with Crippen LogP contribution in [0.4, 0.5) is 0 Å². The van der Waals surface area contributed by atoms with Crippen molar-refractivity contribution in [1.82, 2.24) is 0 Å². The molecule has 1 aliphatic heterocycles. The first-order valence-corrected chi connectivity index (χ1v) is 7.30. The van der Waals surface area contributed by atoms with Gasteiger partial charge in [-0.2, -0.15) is 0 Å². The van der Waals surface area contributed by atoms with Crippen LogP contribution in [0.3, 0.4) is 0 Å². The van der Waals surface area contributed by atoms with Crippen LogP contribution < -0.4 is 0 Å². The van der Waals surface area contributed by atoms with Crippen molar-refractivity contribution in [2.24, 2.45) is 17.8 Å². The normalized spacial score (nSPS) is 39.2. The Balaban J connectivity index is 1.65. The van der Waals surface area contributed by atoms with Crippen molar-refractivity contribution < 1.29 is 14.3 Å². The summed E-state index contributed by atoms with van der Waals surface area (Å²) in [5, 5.41) is 0. The molecule has 4 bridgehead atoms. The summed E-state index contributed by atoms with van der Waals surface area (Å²) in [7, 11) is 0. The van der Waals surface area contributed by atoms with Crippen LogP contribution in [0.2, 0.25) is 0 Å². The molecule has 1 saturated carbocycles. The van der Waals surface area contributed by atoms with Crippen molar-refractivity contribution in [3.8, 4) is 0 Å². The molecule has 3 aliphatic carbocycles. The molecule has 1 aromatic rings. The molecule has 0 amide bonds. The van der Waals surface area contributed by atoms with Gasteiger partial charge < -0.3 is 9.47 Å². The predicted octanol–water partition coefficient (Wildman–Crippen LogP) is 2.88. The summed E-state index contributed by atoms with van der Waals surface area (Å²) in [5.41, 5.74) is 1.08. The highest BCUT2D eigenvalue weighted by atomic mass is 16.7. The lowest BCUT2D eigenvalue weighted by Crippen LogP contribution is -2.55. The van der Waals surface area contributed by atoms with E-state index in [0.29, 0.717) is 12.5 Å². The second kappa shape index (κ2) is 4.27. The minimum Gasteiger partial charge on any atom is -0.343 e. The van der Waals surface area contributed by atoms with Gasteiger partial charge in [-0.3, -0.25) is 4.79 Å². The van der Waals surface area contributed by atoms with E-state index in [2.05, 4.69) is 6.08 Å². The van der Waals surface area contributed by atoms with Crippen molar-refractivity contribution in [3.05, 3.63) is 48.0 Å². The van der Waals surface area contributed by atoms with E-state index in [4.69, 9.17) is 9.47 Å². The molecule has 3 heteroatoms. The number of rotatable bonds is 3.